The molecule has 0 bridgehead atoms. The van der Waals surface area contributed by atoms with Crippen LogP contribution in [0.2, 0.25) is 0 Å². The third-order valence-corrected chi connectivity index (χ3v) is 6.00. The molecule has 6 nitrogen and oxygen atoms in total. The van der Waals surface area contributed by atoms with Gasteiger partial charge in [-0.05, 0) is 69.5 Å². The molecule has 3 heterocycles. The number of fused-ring (bicyclic) bond motifs is 2. The number of rotatable bonds is 3. The van der Waals surface area contributed by atoms with Gasteiger partial charge in [-0.2, -0.15) is 0 Å². The first kappa shape index (κ1) is 18.6. The van der Waals surface area contributed by atoms with Gasteiger partial charge in [-0.1, -0.05) is 6.07 Å². The Hall–Kier alpha value is -3.41. The lowest BCUT2D eigenvalue weighted by atomic mass is 10.0. The monoisotopic (exact) mass is 400 g/mol. The molecule has 0 spiro atoms. The van der Waals surface area contributed by atoms with Crippen LogP contribution in [0.25, 0.3) is 33.2 Å². The number of hydrogen-bond donors (Lipinski definition) is 2. The summed E-state index contributed by atoms with van der Waals surface area (Å²) in [5.41, 5.74) is 5.64. The summed E-state index contributed by atoms with van der Waals surface area (Å²) >= 11 is 0. The van der Waals surface area contributed by atoms with Gasteiger partial charge in [0, 0.05) is 34.7 Å². The Kier molecular flexibility index (Phi) is 4.42. The zero-order chi connectivity index (χ0) is 20.8. The maximum absolute atomic E-state index is 11.4. The molecule has 0 saturated carbocycles. The number of H-pyrrole nitrogens is 1. The number of aromatic amines is 1. The minimum Gasteiger partial charge on any atom is -0.478 e. The SMILES string of the molecule is Cc1cc2cc(-c3nc4ccc(C(=O)O)cc4nc3N3CCCCC3C)ccc2[nH]1. The number of carbonyl (C=O) groups is 1. The summed E-state index contributed by atoms with van der Waals surface area (Å²) in [7, 11) is 0. The highest BCUT2D eigenvalue weighted by molar-refractivity contribution is 5.94. The zero-order valence-electron chi connectivity index (χ0n) is 17.1. The van der Waals surface area contributed by atoms with E-state index < -0.39 is 5.97 Å². The number of nitrogens with zero attached hydrogens (tertiary/aromatic N) is 3. The molecule has 152 valence electrons. The van der Waals surface area contributed by atoms with E-state index in [0.717, 1.165) is 53.1 Å². The van der Waals surface area contributed by atoms with Gasteiger partial charge in [-0.25, -0.2) is 14.8 Å². The Morgan fingerprint density at radius 1 is 1.10 bits per heavy atom. The molecule has 1 atom stereocenters. The first-order valence-electron chi connectivity index (χ1n) is 10.4. The largest absolute Gasteiger partial charge is 0.478 e. The molecule has 4 aromatic rings. The summed E-state index contributed by atoms with van der Waals surface area (Å²) in [6.45, 7) is 5.20. The number of carboxylic acids is 1. The highest BCUT2D eigenvalue weighted by Crippen LogP contribution is 2.35. The lowest BCUT2D eigenvalue weighted by molar-refractivity contribution is 0.0697. The predicted molar refractivity (Wildman–Crippen MR) is 119 cm³/mol. The zero-order valence-corrected chi connectivity index (χ0v) is 17.1. The highest BCUT2D eigenvalue weighted by Gasteiger charge is 2.24. The number of nitrogens with one attached hydrogen (secondary N) is 1. The second kappa shape index (κ2) is 7.13. The Bertz CT molecular complexity index is 1280. The summed E-state index contributed by atoms with van der Waals surface area (Å²) in [6, 6.07) is 13.8. The Balaban J connectivity index is 1.73. The van der Waals surface area contributed by atoms with E-state index in [9.17, 15) is 9.90 Å². The van der Waals surface area contributed by atoms with Crippen molar-refractivity contribution < 1.29 is 9.90 Å². The number of piperidine rings is 1. The van der Waals surface area contributed by atoms with Gasteiger partial charge in [0.15, 0.2) is 5.82 Å². The molecule has 30 heavy (non-hydrogen) atoms. The van der Waals surface area contributed by atoms with Gasteiger partial charge >= 0.3 is 5.97 Å². The van der Waals surface area contributed by atoms with Crippen molar-refractivity contribution in [2.45, 2.75) is 39.2 Å². The average Bonchev–Trinajstić information content (AvgIpc) is 3.12. The van der Waals surface area contributed by atoms with Crippen molar-refractivity contribution in [3.05, 3.63) is 53.7 Å². The molecule has 0 aliphatic carbocycles. The second-order valence-electron chi connectivity index (χ2n) is 8.20. The van der Waals surface area contributed by atoms with Crippen LogP contribution in [0.1, 0.15) is 42.2 Å². The molecule has 5 rings (SSSR count). The van der Waals surface area contributed by atoms with E-state index in [4.69, 9.17) is 9.97 Å². The lowest BCUT2D eigenvalue weighted by Crippen LogP contribution is -2.38. The average molecular weight is 400 g/mol. The van der Waals surface area contributed by atoms with Gasteiger partial charge in [-0.3, -0.25) is 0 Å². The van der Waals surface area contributed by atoms with Crippen LogP contribution in [0.5, 0.6) is 0 Å². The number of carboxylic acid groups (broad SMARTS) is 1. The minimum atomic E-state index is -0.955. The fourth-order valence-corrected chi connectivity index (χ4v) is 4.41. The number of aromatic nitrogens is 3. The van der Waals surface area contributed by atoms with E-state index in [1.807, 2.05) is 0 Å². The molecule has 1 unspecified atom stereocenters. The molecule has 1 saturated heterocycles. The van der Waals surface area contributed by atoms with Crippen LogP contribution < -0.4 is 4.90 Å². The third-order valence-electron chi connectivity index (χ3n) is 6.00. The normalized spacial score (nSPS) is 17.0. The predicted octanol–water partition coefficient (Wildman–Crippen LogP) is 5.16. The molecular formula is C24H24N4O2. The third kappa shape index (κ3) is 3.18. The number of anilines is 1. The number of aromatic carboxylic acids is 1. The Labute approximate surface area is 174 Å². The minimum absolute atomic E-state index is 0.228. The van der Waals surface area contributed by atoms with E-state index in [1.165, 1.54) is 6.42 Å². The van der Waals surface area contributed by atoms with Crippen LogP contribution in [0.15, 0.2) is 42.5 Å². The summed E-state index contributed by atoms with van der Waals surface area (Å²) in [6.07, 6.45) is 3.45. The van der Waals surface area contributed by atoms with E-state index in [1.54, 1.807) is 18.2 Å². The van der Waals surface area contributed by atoms with E-state index in [0.29, 0.717) is 17.1 Å². The van der Waals surface area contributed by atoms with Crippen LogP contribution in [-0.4, -0.2) is 38.6 Å². The van der Waals surface area contributed by atoms with Gasteiger partial charge < -0.3 is 15.0 Å². The maximum Gasteiger partial charge on any atom is 0.335 e. The smallest absolute Gasteiger partial charge is 0.335 e. The Morgan fingerprint density at radius 2 is 1.97 bits per heavy atom. The molecule has 0 amide bonds. The van der Waals surface area contributed by atoms with Crippen LogP contribution >= 0.6 is 0 Å². The molecular weight excluding hydrogens is 376 g/mol. The molecule has 2 aromatic heterocycles. The van der Waals surface area contributed by atoms with Crippen molar-refractivity contribution in [3.8, 4) is 11.3 Å². The number of hydrogen-bond acceptors (Lipinski definition) is 4. The molecule has 2 aromatic carbocycles. The van der Waals surface area contributed by atoms with Crippen molar-refractivity contribution in [2.75, 3.05) is 11.4 Å². The van der Waals surface area contributed by atoms with Crippen molar-refractivity contribution in [1.29, 1.82) is 0 Å². The lowest BCUT2D eigenvalue weighted by Gasteiger charge is -2.35. The summed E-state index contributed by atoms with van der Waals surface area (Å²) in [5, 5.41) is 10.5. The quantitative estimate of drug-likeness (QED) is 0.496. The fraction of sp³-hybridized carbons (Fsp3) is 0.292. The molecule has 0 radical (unpaired) electrons. The molecule has 2 N–H and O–H groups in total. The molecule has 6 heteroatoms. The van der Waals surface area contributed by atoms with E-state index in [-0.39, 0.29) is 5.56 Å². The van der Waals surface area contributed by atoms with Crippen molar-refractivity contribution in [3.63, 3.8) is 0 Å². The first-order chi connectivity index (χ1) is 14.5. The van der Waals surface area contributed by atoms with Crippen LogP contribution in [-0.2, 0) is 0 Å². The molecule has 1 aliphatic rings. The van der Waals surface area contributed by atoms with E-state index in [2.05, 4.69) is 48.0 Å². The Morgan fingerprint density at radius 3 is 2.77 bits per heavy atom. The van der Waals surface area contributed by atoms with Crippen LogP contribution in [0.3, 0.4) is 0 Å². The van der Waals surface area contributed by atoms with Crippen molar-refractivity contribution in [2.24, 2.45) is 0 Å². The highest BCUT2D eigenvalue weighted by atomic mass is 16.4. The summed E-state index contributed by atoms with van der Waals surface area (Å²) < 4.78 is 0. The summed E-state index contributed by atoms with van der Waals surface area (Å²) in [4.78, 5) is 27.0. The van der Waals surface area contributed by atoms with Gasteiger partial charge in [0.2, 0.25) is 0 Å². The van der Waals surface area contributed by atoms with Crippen molar-refractivity contribution in [1.82, 2.24) is 15.0 Å². The van der Waals surface area contributed by atoms with Gasteiger partial charge in [0.1, 0.15) is 5.69 Å². The van der Waals surface area contributed by atoms with E-state index >= 15 is 0 Å². The van der Waals surface area contributed by atoms with Crippen LogP contribution in [0.4, 0.5) is 5.82 Å². The summed E-state index contributed by atoms with van der Waals surface area (Å²) in [5.74, 6) is -0.118. The van der Waals surface area contributed by atoms with Gasteiger partial charge in [0.05, 0.1) is 16.6 Å². The number of benzene rings is 2. The standard InChI is InChI=1S/C24H24N4O2/c1-14-11-18-12-16(6-8-19(18)25-14)22-23(28-10-4-3-5-15(28)2)27-21-13-17(24(29)30)7-9-20(21)26-22/h6-9,11-13,15,25H,3-5,10H2,1-2H3,(H,29,30). The fourth-order valence-electron chi connectivity index (χ4n) is 4.41. The van der Waals surface area contributed by atoms with Crippen molar-refractivity contribution >= 4 is 33.7 Å². The second-order valence-corrected chi connectivity index (χ2v) is 8.20. The topological polar surface area (TPSA) is 82.1 Å². The molecule has 1 fully saturated rings. The van der Waals surface area contributed by atoms with Crippen LogP contribution in [0, 0.1) is 6.92 Å². The maximum atomic E-state index is 11.4. The van der Waals surface area contributed by atoms with Gasteiger partial charge in [-0.15, -0.1) is 0 Å². The first-order valence-corrected chi connectivity index (χ1v) is 10.4. The molecule has 1 aliphatic heterocycles. The van der Waals surface area contributed by atoms with Gasteiger partial charge in [0.25, 0.3) is 0 Å². The number of aryl methyl sites for hydroxylation is 1.